The van der Waals surface area contributed by atoms with Crippen molar-refractivity contribution < 1.29 is 19.1 Å². The summed E-state index contributed by atoms with van der Waals surface area (Å²) in [6.45, 7) is 5.33. The Morgan fingerprint density at radius 2 is 0.702 bits per heavy atom. The van der Waals surface area contributed by atoms with Gasteiger partial charge in [-0.1, -0.05) is 181 Å². The molecule has 7 heteroatoms. The lowest BCUT2D eigenvalue weighted by molar-refractivity contribution is 0.0448. The zero-order valence-electron chi connectivity index (χ0n) is 30.1. The Labute approximate surface area is 330 Å². The molecule has 0 aliphatic rings. The molecule has 0 atom stereocenters. The summed E-state index contributed by atoms with van der Waals surface area (Å²) in [4.78, 5) is 26.4. The van der Waals surface area contributed by atoms with E-state index in [0.717, 1.165) is 36.4 Å². The first kappa shape index (κ1) is 45.4. The number of halogens is 3. The molecule has 272 valence electrons. The van der Waals surface area contributed by atoms with E-state index in [-0.39, 0.29) is 0 Å². The number of rotatable bonds is 32. The van der Waals surface area contributed by atoms with Crippen LogP contribution in [-0.2, 0) is 9.47 Å². The predicted molar refractivity (Wildman–Crippen MR) is 226 cm³/mol. The number of hydrogen-bond acceptors (Lipinski definition) is 4. The molecule has 1 aromatic carbocycles. The van der Waals surface area contributed by atoms with Crippen molar-refractivity contribution in [2.75, 3.05) is 13.2 Å². The van der Waals surface area contributed by atoms with E-state index in [4.69, 9.17) is 9.47 Å². The molecule has 0 fully saturated rings. The zero-order valence-corrected chi connectivity index (χ0v) is 36.5. The molecule has 0 aliphatic carbocycles. The van der Waals surface area contributed by atoms with Gasteiger partial charge in [0.25, 0.3) is 0 Å². The van der Waals surface area contributed by atoms with Gasteiger partial charge in [-0.15, -0.1) is 0 Å². The second-order valence-electron chi connectivity index (χ2n) is 13.4. The van der Waals surface area contributed by atoms with E-state index in [1.54, 1.807) is 0 Å². The third kappa shape index (κ3) is 23.5. The normalized spacial score (nSPS) is 11.3. The summed E-state index contributed by atoms with van der Waals surface area (Å²) in [6.07, 6.45) is 36.2. The van der Waals surface area contributed by atoms with Crippen LogP contribution in [-0.4, -0.2) is 25.2 Å². The zero-order chi connectivity index (χ0) is 34.4. The SMILES string of the molecule is CCCCCCCCCCCCCCCCOC(=O)c1c(I)cc(I)c(I)c1C(=O)OCCCCCCCCCCCCCCCC. The highest BCUT2D eigenvalue weighted by molar-refractivity contribution is 14.1. The monoisotopic (exact) mass is 992 g/mol. The summed E-state index contributed by atoms with van der Waals surface area (Å²) in [7, 11) is 0. The quantitative estimate of drug-likeness (QED) is 0.0312. The van der Waals surface area contributed by atoms with Gasteiger partial charge in [0.05, 0.1) is 24.3 Å². The molecule has 0 spiro atoms. The summed E-state index contributed by atoms with van der Waals surface area (Å²) in [5, 5.41) is 0. The van der Waals surface area contributed by atoms with Gasteiger partial charge in [0.15, 0.2) is 0 Å². The second-order valence-corrected chi connectivity index (χ2v) is 16.8. The minimum Gasteiger partial charge on any atom is -0.462 e. The van der Waals surface area contributed by atoms with Crippen molar-refractivity contribution in [1.29, 1.82) is 0 Å². The van der Waals surface area contributed by atoms with Crippen LogP contribution in [0.2, 0.25) is 0 Å². The molecular weight excluding hydrogens is 925 g/mol. The third-order valence-corrected chi connectivity index (χ3v) is 12.9. The van der Waals surface area contributed by atoms with Gasteiger partial charge in [-0.05, 0) is 86.7 Å². The fourth-order valence-electron chi connectivity index (χ4n) is 6.05. The molecule has 0 heterocycles. The van der Waals surface area contributed by atoms with Crippen molar-refractivity contribution in [3.63, 3.8) is 0 Å². The molecule has 0 unspecified atom stereocenters. The largest absolute Gasteiger partial charge is 0.462 e. The van der Waals surface area contributed by atoms with Crippen molar-refractivity contribution in [3.05, 3.63) is 27.9 Å². The Kier molecular flexibility index (Phi) is 31.2. The van der Waals surface area contributed by atoms with Crippen molar-refractivity contribution >= 4 is 79.7 Å². The van der Waals surface area contributed by atoms with Gasteiger partial charge in [0.2, 0.25) is 0 Å². The highest BCUT2D eigenvalue weighted by Gasteiger charge is 2.27. The van der Waals surface area contributed by atoms with Crippen LogP contribution in [0.25, 0.3) is 0 Å². The highest BCUT2D eigenvalue weighted by Crippen LogP contribution is 2.29. The van der Waals surface area contributed by atoms with E-state index in [0.29, 0.717) is 24.3 Å². The number of hydrogen-bond donors (Lipinski definition) is 0. The number of esters is 2. The molecule has 1 aromatic rings. The highest BCUT2D eigenvalue weighted by atomic mass is 127. The van der Waals surface area contributed by atoms with Crippen molar-refractivity contribution in [2.45, 2.75) is 194 Å². The number of carbonyl (C=O) groups is 2. The molecule has 1 rings (SSSR count). The molecule has 47 heavy (non-hydrogen) atoms. The molecule has 0 amide bonds. The second kappa shape index (κ2) is 32.3. The molecule has 0 N–H and O–H groups in total. The van der Waals surface area contributed by atoms with Crippen molar-refractivity contribution in [3.8, 4) is 0 Å². The predicted octanol–water partition coefficient (Wildman–Crippen LogP) is 14.8. The summed E-state index contributed by atoms with van der Waals surface area (Å²) in [5.41, 5.74) is 0.713. The Morgan fingerprint density at radius 3 is 1.02 bits per heavy atom. The Balaban J connectivity index is 2.24. The van der Waals surface area contributed by atoms with Crippen LogP contribution in [0.3, 0.4) is 0 Å². The summed E-state index contributed by atoms with van der Waals surface area (Å²) in [6, 6.07) is 1.94. The molecule has 0 aliphatic heterocycles. The number of carbonyl (C=O) groups excluding carboxylic acids is 2. The maximum absolute atomic E-state index is 13.2. The minimum atomic E-state index is -0.415. The molecular formula is C40H67I3O4. The standard InChI is InChI=1S/C40H67I3O4/c1-3-5-7-9-11-13-15-17-19-21-23-25-27-29-31-46-39(44)36-34(41)33-35(42)38(43)37(36)40(45)47-32-30-28-26-24-22-20-18-16-14-12-10-8-6-4-2/h33H,3-32H2,1-2H3. The maximum atomic E-state index is 13.2. The van der Waals surface area contributed by atoms with E-state index < -0.39 is 11.9 Å². The average molecular weight is 993 g/mol. The number of benzene rings is 1. The van der Waals surface area contributed by atoms with E-state index in [2.05, 4.69) is 81.6 Å². The van der Waals surface area contributed by atoms with Crippen LogP contribution in [0, 0.1) is 10.7 Å². The van der Waals surface area contributed by atoms with Crippen LogP contribution in [0.1, 0.15) is 214 Å². The van der Waals surface area contributed by atoms with Crippen LogP contribution in [0.5, 0.6) is 0 Å². The average Bonchev–Trinajstić information content (AvgIpc) is 3.05. The van der Waals surface area contributed by atoms with Crippen LogP contribution < -0.4 is 0 Å². The Bertz CT molecular complexity index is 937. The van der Waals surface area contributed by atoms with Crippen molar-refractivity contribution in [1.82, 2.24) is 0 Å². The van der Waals surface area contributed by atoms with E-state index in [1.807, 2.05) is 6.07 Å². The van der Waals surface area contributed by atoms with E-state index >= 15 is 0 Å². The lowest BCUT2D eigenvalue weighted by Crippen LogP contribution is -2.19. The van der Waals surface area contributed by atoms with Gasteiger partial charge >= 0.3 is 11.9 Å². The van der Waals surface area contributed by atoms with Crippen LogP contribution in [0.15, 0.2) is 6.07 Å². The maximum Gasteiger partial charge on any atom is 0.340 e. The smallest absolute Gasteiger partial charge is 0.340 e. The minimum absolute atomic E-state index is 0.353. The molecule has 0 saturated carbocycles. The Hall–Kier alpha value is 0.350. The van der Waals surface area contributed by atoms with Crippen LogP contribution >= 0.6 is 67.8 Å². The topological polar surface area (TPSA) is 52.6 Å². The van der Waals surface area contributed by atoms with Gasteiger partial charge in [-0.3, -0.25) is 0 Å². The fraction of sp³-hybridized carbons (Fsp3) is 0.800. The van der Waals surface area contributed by atoms with Gasteiger partial charge in [0.1, 0.15) is 0 Å². The molecule has 0 bridgehead atoms. The summed E-state index contributed by atoms with van der Waals surface area (Å²) < 4.78 is 13.8. The van der Waals surface area contributed by atoms with Crippen LogP contribution in [0.4, 0.5) is 0 Å². The van der Waals surface area contributed by atoms with Gasteiger partial charge < -0.3 is 9.47 Å². The molecule has 0 radical (unpaired) electrons. The number of ether oxygens (including phenoxy) is 2. The third-order valence-electron chi connectivity index (χ3n) is 9.04. The van der Waals surface area contributed by atoms with Gasteiger partial charge in [0, 0.05) is 10.7 Å². The van der Waals surface area contributed by atoms with E-state index in [1.165, 1.54) is 154 Å². The Morgan fingerprint density at radius 1 is 0.426 bits per heavy atom. The fourth-order valence-corrected chi connectivity index (χ4v) is 8.68. The first-order valence-corrected chi connectivity index (χ1v) is 22.7. The first-order chi connectivity index (χ1) is 22.9. The summed E-state index contributed by atoms with van der Waals surface area (Å²) in [5.74, 6) is -0.828. The first-order valence-electron chi connectivity index (χ1n) is 19.5. The lowest BCUT2D eigenvalue weighted by Gasteiger charge is -2.14. The molecule has 4 nitrogen and oxygen atoms in total. The molecule has 0 aromatic heterocycles. The lowest BCUT2D eigenvalue weighted by atomic mass is 10.0. The molecule has 0 saturated heterocycles. The summed E-state index contributed by atoms with van der Waals surface area (Å²) >= 11 is 6.53. The van der Waals surface area contributed by atoms with Gasteiger partial charge in [-0.25, -0.2) is 9.59 Å². The number of unbranched alkanes of at least 4 members (excludes halogenated alkanes) is 26. The van der Waals surface area contributed by atoms with Gasteiger partial charge in [-0.2, -0.15) is 0 Å². The van der Waals surface area contributed by atoms with E-state index in [9.17, 15) is 9.59 Å². The van der Waals surface area contributed by atoms with Crippen molar-refractivity contribution in [2.24, 2.45) is 0 Å².